The molecule has 1 fully saturated rings. The zero-order valence-electron chi connectivity index (χ0n) is 9.95. The second kappa shape index (κ2) is 4.63. The minimum Gasteiger partial charge on any atom is -0.444 e. The molecule has 0 spiro atoms. The summed E-state index contributed by atoms with van der Waals surface area (Å²) < 4.78 is 5.21. The Morgan fingerprint density at radius 1 is 1.44 bits per heavy atom. The summed E-state index contributed by atoms with van der Waals surface area (Å²) in [6, 6.07) is -0.507. The second-order valence-electron chi connectivity index (χ2n) is 4.88. The predicted molar refractivity (Wildman–Crippen MR) is 59.8 cm³/mol. The first-order chi connectivity index (χ1) is 7.35. The molecule has 0 unspecified atom stereocenters. The number of amides is 1. The van der Waals surface area contributed by atoms with Gasteiger partial charge in [-0.05, 0) is 33.6 Å². The molecule has 1 heterocycles. The van der Waals surface area contributed by atoms with E-state index in [1.807, 2.05) is 0 Å². The maximum Gasteiger partial charge on any atom is 0.410 e. The summed E-state index contributed by atoms with van der Waals surface area (Å²) in [5.41, 5.74) is -0.558. The van der Waals surface area contributed by atoms with E-state index in [-0.39, 0.29) is 5.78 Å². The van der Waals surface area contributed by atoms with Crippen LogP contribution < -0.4 is 0 Å². The molecule has 5 nitrogen and oxygen atoms in total. The topological polar surface area (TPSA) is 70.5 Å². The van der Waals surface area contributed by atoms with Gasteiger partial charge in [0.05, 0.1) is 12.3 Å². The first-order valence-electron chi connectivity index (χ1n) is 5.39. The Bertz CT molecular complexity index is 307. The van der Waals surface area contributed by atoms with Gasteiger partial charge in [0.2, 0.25) is 0 Å². The van der Waals surface area contributed by atoms with Gasteiger partial charge in [0.1, 0.15) is 5.60 Å². The number of hydrogen-bond donors (Lipinski definition) is 1. The molecule has 1 aliphatic heterocycles. The Hall–Kier alpha value is -1.39. The van der Waals surface area contributed by atoms with E-state index in [9.17, 15) is 9.59 Å². The highest BCUT2D eigenvalue weighted by Crippen LogP contribution is 2.20. The SMILES string of the molecule is CC(C)(C)OC(=O)N1CCC[C@H]1C(=O)C=N. The molecule has 16 heavy (non-hydrogen) atoms. The van der Waals surface area contributed by atoms with Crippen molar-refractivity contribution in [3.05, 3.63) is 0 Å². The number of carbonyl (C=O) groups excluding carboxylic acids is 2. The van der Waals surface area contributed by atoms with E-state index < -0.39 is 17.7 Å². The van der Waals surface area contributed by atoms with Crippen LogP contribution in [0.5, 0.6) is 0 Å². The van der Waals surface area contributed by atoms with Crippen LogP contribution in [0.1, 0.15) is 33.6 Å². The molecular weight excluding hydrogens is 208 g/mol. The molecule has 1 N–H and O–H groups in total. The summed E-state index contributed by atoms with van der Waals surface area (Å²) in [5, 5.41) is 6.93. The summed E-state index contributed by atoms with van der Waals surface area (Å²) in [4.78, 5) is 24.6. The van der Waals surface area contributed by atoms with Gasteiger partial charge in [0.15, 0.2) is 5.78 Å². The second-order valence-corrected chi connectivity index (χ2v) is 4.88. The zero-order valence-corrected chi connectivity index (χ0v) is 9.95. The Kier molecular flexibility index (Phi) is 3.67. The molecule has 90 valence electrons. The lowest BCUT2D eigenvalue weighted by atomic mass is 10.1. The van der Waals surface area contributed by atoms with Gasteiger partial charge in [-0.15, -0.1) is 0 Å². The summed E-state index contributed by atoms with van der Waals surface area (Å²) in [7, 11) is 0. The van der Waals surface area contributed by atoms with Crippen LogP contribution in [0.2, 0.25) is 0 Å². The van der Waals surface area contributed by atoms with Gasteiger partial charge in [0, 0.05) is 6.54 Å². The smallest absolute Gasteiger partial charge is 0.410 e. The van der Waals surface area contributed by atoms with Gasteiger partial charge >= 0.3 is 6.09 Å². The van der Waals surface area contributed by atoms with Crippen molar-refractivity contribution in [1.82, 2.24) is 4.90 Å². The van der Waals surface area contributed by atoms with Crippen molar-refractivity contribution >= 4 is 18.1 Å². The number of ether oxygens (including phenoxy) is 1. The van der Waals surface area contributed by atoms with Crippen LogP contribution in [0.25, 0.3) is 0 Å². The predicted octanol–water partition coefficient (Wildman–Crippen LogP) is 1.60. The molecule has 0 saturated carbocycles. The maximum atomic E-state index is 11.8. The van der Waals surface area contributed by atoms with Crippen molar-refractivity contribution in [3.8, 4) is 0 Å². The van der Waals surface area contributed by atoms with Crippen molar-refractivity contribution < 1.29 is 14.3 Å². The number of nitrogens with zero attached hydrogens (tertiary/aromatic N) is 1. The lowest BCUT2D eigenvalue weighted by Crippen LogP contribution is -2.43. The molecule has 0 aromatic rings. The summed E-state index contributed by atoms with van der Waals surface area (Å²) in [6.45, 7) is 5.89. The van der Waals surface area contributed by atoms with Crippen LogP contribution in [0, 0.1) is 5.41 Å². The van der Waals surface area contributed by atoms with Gasteiger partial charge in [-0.2, -0.15) is 0 Å². The zero-order chi connectivity index (χ0) is 12.3. The fourth-order valence-electron chi connectivity index (χ4n) is 1.70. The highest BCUT2D eigenvalue weighted by molar-refractivity contribution is 6.29. The molecule has 1 atom stereocenters. The average Bonchev–Trinajstić information content (AvgIpc) is 2.62. The van der Waals surface area contributed by atoms with Crippen LogP contribution in [0.15, 0.2) is 0 Å². The Morgan fingerprint density at radius 3 is 2.56 bits per heavy atom. The Morgan fingerprint density at radius 2 is 2.06 bits per heavy atom. The van der Waals surface area contributed by atoms with Gasteiger partial charge < -0.3 is 10.1 Å². The van der Waals surface area contributed by atoms with E-state index in [1.165, 1.54) is 4.90 Å². The van der Waals surface area contributed by atoms with E-state index in [2.05, 4.69) is 0 Å². The lowest BCUT2D eigenvalue weighted by molar-refractivity contribution is -0.116. The van der Waals surface area contributed by atoms with Crippen molar-refractivity contribution in [1.29, 1.82) is 5.41 Å². The van der Waals surface area contributed by atoms with E-state index in [1.54, 1.807) is 20.8 Å². The van der Waals surface area contributed by atoms with Crippen molar-refractivity contribution in [2.75, 3.05) is 6.54 Å². The van der Waals surface area contributed by atoms with Crippen molar-refractivity contribution in [3.63, 3.8) is 0 Å². The standard InChI is InChI=1S/C11H18N2O3/c1-11(2,3)16-10(15)13-6-4-5-8(13)9(14)7-12/h7-8,12H,4-6H2,1-3H3/t8-/m0/s1. The van der Waals surface area contributed by atoms with Crippen LogP contribution in [0.4, 0.5) is 4.79 Å². The minimum atomic E-state index is -0.558. The first-order valence-corrected chi connectivity index (χ1v) is 5.39. The molecule has 0 aliphatic carbocycles. The van der Waals surface area contributed by atoms with E-state index >= 15 is 0 Å². The minimum absolute atomic E-state index is 0.330. The van der Waals surface area contributed by atoms with Crippen LogP contribution in [-0.4, -0.2) is 41.2 Å². The Balaban J connectivity index is 2.68. The van der Waals surface area contributed by atoms with E-state index in [0.29, 0.717) is 13.0 Å². The number of rotatable bonds is 2. The van der Waals surface area contributed by atoms with Gasteiger partial charge in [0.25, 0.3) is 0 Å². The molecule has 1 amide bonds. The maximum absolute atomic E-state index is 11.8. The van der Waals surface area contributed by atoms with E-state index in [4.69, 9.17) is 10.1 Å². The molecule has 0 bridgehead atoms. The van der Waals surface area contributed by atoms with Crippen molar-refractivity contribution in [2.45, 2.75) is 45.3 Å². The molecule has 1 saturated heterocycles. The average molecular weight is 226 g/mol. The molecule has 0 radical (unpaired) electrons. The number of ketones is 1. The third-order valence-electron chi connectivity index (χ3n) is 2.35. The summed E-state index contributed by atoms with van der Waals surface area (Å²) >= 11 is 0. The van der Waals surface area contributed by atoms with Gasteiger partial charge in [-0.1, -0.05) is 0 Å². The van der Waals surface area contributed by atoms with Crippen LogP contribution >= 0.6 is 0 Å². The number of nitrogens with one attached hydrogen (secondary N) is 1. The van der Waals surface area contributed by atoms with Gasteiger partial charge in [-0.25, -0.2) is 4.79 Å². The normalized spacial score (nSPS) is 20.7. The van der Waals surface area contributed by atoms with Crippen LogP contribution in [-0.2, 0) is 9.53 Å². The molecule has 0 aromatic carbocycles. The quantitative estimate of drug-likeness (QED) is 0.727. The van der Waals surface area contributed by atoms with Crippen molar-refractivity contribution in [2.24, 2.45) is 0 Å². The third-order valence-corrected chi connectivity index (χ3v) is 2.35. The molecule has 1 aliphatic rings. The number of likely N-dealkylation sites (tertiary alicyclic amines) is 1. The monoisotopic (exact) mass is 226 g/mol. The molecule has 1 rings (SSSR count). The first kappa shape index (κ1) is 12.7. The summed E-state index contributed by atoms with van der Waals surface area (Å²) in [6.07, 6.45) is 1.70. The highest BCUT2D eigenvalue weighted by atomic mass is 16.6. The van der Waals surface area contributed by atoms with Gasteiger partial charge in [-0.3, -0.25) is 9.69 Å². The largest absolute Gasteiger partial charge is 0.444 e. The van der Waals surface area contributed by atoms with Crippen LogP contribution in [0.3, 0.4) is 0 Å². The molecular formula is C11H18N2O3. The highest BCUT2D eigenvalue weighted by Gasteiger charge is 2.35. The lowest BCUT2D eigenvalue weighted by Gasteiger charge is -2.27. The fraction of sp³-hybridized carbons (Fsp3) is 0.727. The summed E-state index contributed by atoms with van der Waals surface area (Å²) in [5.74, 6) is -0.330. The number of Topliss-reactive ketones (excluding diaryl/α,β-unsaturated/α-hetero) is 1. The Labute approximate surface area is 95.3 Å². The number of hydrogen-bond acceptors (Lipinski definition) is 4. The number of carbonyl (C=O) groups is 2. The van der Waals surface area contributed by atoms with E-state index in [0.717, 1.165) is 12.6 Å². The fourth-order valence-corrected chi connectivity index (χ4v) is 1.70. The molecule has 0 aromatic heterocycles. The molecule has 5 heteroatoms. The third kappa shape index (κ3) is 3.05.